The van der Waals surface area contributed by atoms with Crippen LogP contribution in [0.4, 0.5) is 0 Å². The fourth-order valence-electron chi connectivity index (χ4n) is 9.20. The number of aliphatic hydroxyl groups excluding tert-OH is 2. The van der Waals surface area contributed by atoms with E-state index in [0.717, 1.165) is 44.9 Å². The second-order valence-corrected chi connectivity index (χ2v) is 14.2. The zero-order chi connectivity index (χ0) is 24.9. The molecule has 0 bridgehead atoms. The number of hydrogen-bond donors (Lipinski definition) is 4. The first-order chi connectivity index (χ1) is 15.8. The zero-order valence-electron chi connectivity index (χ0n) is 21.1. The van der Waals surface area contributed by atoms with E-state index in [0.29, 0.717) is 48.3 Å². The van der Waals surface area contributed by atoms with Crippen molar-refractivity contribution in [2.45, 2.75) is 97.2 Å². The molecule has 4 saturated carbocycles. The molecule has 1 amide bonds. The normalized spacial score (nSPS) is 45.1. The molecule has 4 fully saturated rings. The topological polar surface area (TPSA) is 124 Å². The molecule has 0 spiro atoms. The molecule has 0 unspecified atom stereocenters. The van der Waals surface area contributed by atoms with Gasteiger partial charge in [0.2, 0.25) is 5.91 Å². The van der Waals surface area contributed by atoms with Crippen molar-refractivity contribution in [2.75, 3.05) is 12.3 Å². The highest BCUT2D eigenvalue weighted by Gasteiger charge is 2.63. The Bertz CT molecular complexity index is 863. The van der Waals surface area contributed by atoms with Gasteiger partial charge in [-0.25, -0.2) is 0 Å². The second-order valence-electron chi connectivity index (χ2n) is 12.6. The molecule has 0 aromatic carbocycles. The van der Waals surface area contributed by atoms with Crippen LogP contribution in [0.15, 0.2) is 0 Å². The predicted molar refractivity (Wildman–Crippen MR) is 130 cm³/mol. The van der Waals surface area contributed by atoms with Gasteiger partial charge in [-0.2, -0.15) is 8.42 Å². The molecule has 4 aliphatic rings. The second kappa shape index (κ2) is 9.64. The van der Waals surface area contributed by atoms with E-state index in [1.807, 2.05) is 0 Å². The van der Waals surface area contributed by atoms with Gasteiger partial charge in [0.15, 0.2) is 0 Å². The molecular weight excluding hydrogens is 454 g/mol. The van der Waals surface area contributed by atoms with E-state index in [1.165, 1.54) is 6.42 Å². The van der Waals surface area contributed by atoms with Crippen LogP contribution in [0.2, 0.25) is 0 Å². The number of carbonyl (C=O) groups is 1. The molecule has 0 radical (unpaired) electrons. The van der Waals surface area contributed by atoms with Crippen molar-refractivity contribution >= 4 is 16.0 Å². The average molecular weight is 500 g/mol. The molecule has 10 atom stereocenters. The molecule has 196 valence electrons. The van der Waals surface area contributed by atoms with Crippen LogP contribution >= 0.6 is 0 Å². The maximum Gasteiger partial charge on any atom is 0.266 e. The van der Waals surface area contributed by atoms with Crippen LogP contribution in [0.25, 0.3) is 0 Å². The highest BCUT2D eigenvalue weighted by Crippen LogP contribution is 2.68. The Morgan fingerprint density at radius 1 is 1.06 bits per heavy atom. The Morgan fingerprint density at radius 2 is 1.76 bits per heavy atom. The first kappa shape index (κ1) is 26.4. The fraction of sp³-hybridized carbons (Fsp3) is 0.962. The predicted octanol–water partition coefficient (Wildman–Crippen LogP) is 3.40. The van der Waals surface area contributed by atoms with Gasteiger partial charge in [-0.3, -0.25) is 9.35 Å². The highest BCUT2D eigenvalue weighted by atomic mass is 32.2. The third-order valence-corrected chi connectivity index (χ3v) is 11.6. The third kappa shape index (κ3) is 4.94. The summed E-state index contributed by atoms with van der Waals surface area (Å²) in [6.45, 7) is 6.97. The molecule has 8 heteroatoms. The summed E-state index contributed by atoms with van der Waals surface area (Å²) >= 11 is 0. The molecule has 0 aromatic heterocycles. The van der Waals surface area contributed by atoms with Crippen molar-refractivity contribution in [1.82, 2.24) is 5.32 Å². The standard InChI is InChI=1S/C26H45NO6S/c1-16(4-7-23(30)27-12-13-34(31,32)33)21-15-22(29)24-19-6-5-17-14-18(28)8-10-25(17,2)20(19)9-11-26(21,24)3/h16-22,24,28-29H,4-15H2,1-3H3,(H,27,30)(H,31,32,33)/t16-,17-,18-,19-,20+,21-,22-,24-,25+,26-/m1/s1. The van der Waals surface area contributed by atoms with Crippen LogP contribution in [0.5, 0.6) is 0 Å². The van der Waals surface area contributed by atoms with Gasteiger partial charge >= 0.3 is 0 Å². The van der Waals surface area contributed by atoms with Crippen molar-refractivity contribution in [3.8, 4) is 0 Å². The first-order valence-electron chi connectivity index (χ1n) is 13.4. The van der Waals surface area contributed by atoms with Crippen molar-refractivity contribution < 1.29 is 28.0 Å². The molecule has 0 aromatic rings. The van der Waals surface area contributed by atoms with Gasteiger partial charge in [0, 0.05) is 13.0 Å². The van der Waals surface area contributed by atoms with E-state index in [2.05, 4.69) is 26.1 Å². The molecule has 0 heterocycles. The van der Waals surface area contributed by atoms with Gasteiger partial charge in [-0.05, 0) is 104 Å². The molecule has 4 rings (SSSR count). The summed E-state index contributed by atoms with van der Waals surface area (Å²) < 4.78 is 30.5. The lowest BCUT2D eigenvalue weighted by Gasteiger charge is -2.61. The van der Waals surface area contributed by atoms with Crippen LogP contribution in [-0.2, 0) is 14.9 Å². The van der Waals surface area contributed by atoms with Crippen LogP contribution in [0.1, 0.15) is 85.0 Å². The largest absolute Gasteiger partial charge is 0.393 e. The lowest BCUT2D eigenvalue weighted by molar-refractivity contribution is -0.142. The minimum absolute atomic E-state index is 0.0756. The summed E-state index contributed by atoms with van der Waals surface area (Å²) in [7, 11) is -4.07. The lowest BCUT2D eigenvalue weighted by Crippen LogP contribution is -2.55. The Hall–Kier alpha value is -0.700. The monoisotopic (exact) mass is 499 g/mol. The Balaban J connectivity index is 1.39. The minimum atomic E-state index is -4.07. The summed E-state index contributed by atoms with van der Waals surface area (Å²) in [5.74, 6) is 2.11. The molecule has 0 aliphatic heterocycles. The third-order valence-electron chi connectivity index (χ3n) is 10.9. The Kier molecular flexibility index (Phi) is 7.47. The van der Waals surface area contributed by atoms with E-state index < -0.39 is 15.9 Å². The van der Waals surface area contributed by atoms with E-state index in [4.69, 9.17) is 4.55 Å². The number of aliphatic hydroxyl groups is 2. The number of carbonyl (C=O) groups excluding carboxylic acids is 1. The van der Waals surface area contributed by atoms with E-state index in [9.17, 15) is 23.4 Å². The van der Waals surface area contributed by atoms with Crippen molar-refractivity contribution in [3.63, 3.8) is 0 Å². The van der Waals surface area contributed by atoms with Crippen molar-refractivity contribution in [1.29, 1.82) is 0 Å². The Morgan fingerprint density at radius 3 is 2.47 bits per heavy atom. The number of fused-ring (bicyclic) bond motifs is 5. The SMILES string of the molecule is C[C@H](CCC(=O)NCCS(=O)(=O)O)[C@H]1C[C@@H](O)[C@H]2[C@@H]3CC[C@@H]4C[C@H](O)CC[C@]4(C)[C@H]3CC[C@@]21C. The quantitative estimate of drug-likeness (QED) is 0.398. The van der Waals surface area contributed by atoms with E-state index in [1.54, 1.807) is 0 Å². The van der Waals surface area contributed by atoms with Gasteiger partial charge in [-0.1, -0.05) is 20.8 Å². The average Bonchev–Trinajstić information content (AvgIpc) is 3.02. The Labute approximate surface area is 205 Å². The van der Waals surface area contributed by atoms with Crippen LogP contribution in [0, 0.1) is 46.3 Å². The molecule has 4 aliphatic carbocycles. The maximum atomic E-state index is 12.2. The molecule has 34 heavy (non-hydrogen) atoms. The van der Waals surface area contributed by atoms with Gasteiger partial charge in [0.05, 0.1) is 18.0 Å². The van der Waals surface area contributed by atoms with Crippen LogP contribution in [-0.4, -0.2) is 53.6 Å². The van der Waals surface area contributed by atoms with Crippen molar-refractivity contribution in [2.24, 2.45) is 46.3 Å². The van der Waals surface area contributed by atoms with Gasteiger partial charge < -0.3 is 15.5 Å². The summed E-state index contributed by atoms with van der Waals surface area (Å²) in [6, 6.07) is 0. The maximum absolute atomic E-state index is 12.2. The van der Waals surface area contributed by atoms with Crippen LogP contribution in [0.3, 0.4) is 0 Å². The molecule has 0 saturated heterocycles. The zero-order valence-corrected chi connectivity index (χ0v) is 21.9. The number of hydrogen-bond acceptors (Lipinski definition) is 5. The molecular formula is C26H45NO6S. The van der Waals surface area contributed by atoms with Gasteiger partial charge in [0.25, 0.3) is 10.1 Å². The van der Waals surface area contributed by atoms with E-state index >= 15 is 0 Å². The van der Waals surface area contributed by atoms with Crippen LogP contribution < -0.4 is 5.32 Å². The first-order valence-corrected chi connectivity index (χ1v) is 15.0. The molecule has 7 nitrogen and oxygen atoms in total. The lowest BCUT2D eigenvalue weighted by atomic mass is 9.44. The summed E-state index contributed by atoms with van der Waals surface area (Å²) in [5, 5.41) is 24.2. The van der Waals surface area contributed by atoms with E-state index in [-0.39, 0.29) is 35.5 Å². The number of nitrogens with one attached hydrogen (secondary N) is 1. The molecule has 4 N–H and O–H groups in total. The number of rotatable bonds is 7. The minimum Gasteiger partial charge on any atom is -0.393 e. The summed E-state index contributed by atoms with van der Waals surface area (Å²) in [5.41, 5.74) is 0.367. The summed E-state index contributed by atoms with van der Waals surface area (Å²) in [4.78, 5) is 12.2. The highest BCUT2D eigenvalue weighted by molar-refractivity contribution is 7.85. The smallest absolute Gasteiger partial charge is 0.266 e. The summed E-state index contributed by atoms with van der Waals surface area (Å²) in [6.07, 6.45) is 9.01. The van der Waals surface area contributed by atoms with Gasteiger partial charge in [-0.15, -0.1) is 0 Å². The van der Waals surface area contributed by atoms with Crippen molar-refractivity contribution in [3.05, 3.63) is 0 Å². The fourth-order valence-corrected chi connectivity index (χ4v) is 9.56. The number of amides is 1. The van der Waals surface area contributed by atoms with Gasteiger partial charge in [0.1, 0.15) is 0 Å².